The monoisotopic (exact) mass is 266 g/mol. The number of esters is 1. The third-order valence-corrected chi connectivity index (χ3v) is 2.52. The van der Waals surface area contributed by atoms with E-state index in [1.165, 1.54) is 0 Å². The number of carbonyl (C=O) groups is 1. The zero-order valence-corrected chi connectivity index (χ0v) is 11.6. The van der Waals surface area contributed by atoms with Crippen LogP contribution in [0.5, 0.6) is 0 Å². The highest BCUT2D eigenvalue weighted by Crippen LogP contribution is 2.04. The van der Waals surface area contributed by atoms with E-state index in [4.69, 9.17) is 14.2 Å². The van der Waals surface area contributed by atoms with Gasteiger partial charge in [0.2, 0.25) is 0 Å². The van der Waals surface area contributed by atoms with Crippen LogP contribution in [0.2, 0.25) is 0 Å². The molecule has 0 saturated carbocycles. The number of rotatable bonds is 9. The zero-order chi connectivity index (χ0) is 13.9. The lowest BCUT2D eigenvalue weighted by molar-refractivity contribution is -0.155. The van der Waals surface area contributed by atoms with E-state index in [9.17, 15) is 4.79 Å². The third-order valence-electron chi connectivity index (χ3n) is 2.52. The van der Waals surface area contributed by atoms with Crippen LogP contribution in [0.25, 0.3) is 0 Å². The molecular formula is C15H22O4. The zero-order valence-electron chi connectivity index (χ0n) is 11.6. The largest absolute Gasteiger partial charge is 0.457 e. The molecule has 0 saturated heterocycles. The van der Waals surface area contributed by atoms with Crippen LogP contribution in [0.4, 0.5) is 0 Å². The summed E-state index contributed by atoms with van der Waals surface area (Å²) in [7, 11) is 1.58. The number of hydrogen-bond acceptors (Lipinski definition) is 4. The average molecular weight is 266 g/mol. The van der Waals surface area contributed by atoms with E-state index in [0.29, 0.717) is 26.2 Å². The number of ether oxygens (including phenoxy) is 3. The summed E-state index contributed by atoms with van der Waals surface area (Å²) in [5.41, 5.74) is 1.10. The molecule has 1 aromatic carbocycles. The van der Waals surface area contributed by atoms with Crippen molar-refractivity contribution in [1.29, 1.82) is 0 Å². The quantitative estimate of drug-likeness (QED) is 0.644. The number of benzene rings is 1. The predicted molar refractivity (Wildman–Crippen MR) is 72.8 cm³/mol. The molecule has 0 radical (unpaired) electrons. The molecule has 0 fully saturated rings. The van der Waals surface area contributed by atoms with Crippen molar-refractivity contribution in [3.8, 4) is 0 Å². The van der Waals surface area contributed by atoms with Gasteiger partial charge in [0.05, 0.1) is 19.8 Å². The van der Waals surface area contributed by atoms with Gasteiger partial charge in [0.15, 0.2) is 0 Å². The van der Waals surface area contributed by atoms with Crippen LogP contribution in [-0.4, -0.2) is 32.4 Å². The number of methoxy groups -OCH3 is 1. The smallest absolute Gasteiger partial charge is 0.306 e. The maximum Gasteiger partial charge on any atom is 0.306 e. The molecule has 0 aliphatic heterocycles. The van der Waals surface area contributed by atoms with Gasteiger partial charge in [-0.1, -0.05) is 37.3 Å². The van der Waals surface area contributed by atoms with Gasteiger partial charge in [-0.25, -0.2) is 0 Å². The highest BCUT2D eigenvalue weighted by molar-refractivity contribution is 5.69. The molecule has 0 N–H and O–H groups in total. The molecule has 0 aromatic heterocycles. The van der Waals surface area contributed by atoms with E-state index in [0.717, 1.165) is 12.0 Å². The topological polar surface area (TPSA) is 44.8 Å². The van der Waals surface area contributed by atoms with Crippen molar-refractivity contribution in [2.75, 3.05) is 20.3 Å². The maximum absolute atomic E-state index is 11.4. The highest BCUT2D eigenvalue weighted by Gasteiger charge is 2.14. The van der Waals surface area contributed by atoms with Gasteiger partial charge in [0.1, 0.15) is 6.10 Å². The minimum atomic E-state index is -0.340. The Hall–Kier alpha value is -1.39. The third kappa shape index (κ3) is 6.94. The van der Waals surface area contributed by atoms with Gasteiger partial charge in [-0.3, -0.25) is 4.79 Å². The minimum Gasteiger partial charge on any atom is -0.457 e. The van der Waals surface area contributed by atoms with Crippen molar-refractivity contribution in [2.24, 2.45) is 0 Å². The molecule has 1 rings (SSSR count). The molecule has 0 heterocycles. The number of carbonyl (C=O) groups excluding carboxylic acids is 1. The second-order valence-electron chi connectivity index (χ2n) is 4.32. The van der Waals surface area contributed by atoms with E-state index in [-0.39, 0.29) is 12.1 Å². The Kier molecular flexibility index (Phi) is 7.86. The van der Waals surface area contributed by atoms with Crippen molar-refractivity contribution < 1.29 is 19.0 Å². The van der Waals surface area contributed by atoms with E-state index in [2.05, 4.69) is 0 Å². The first-order chi connectivity index (χ1) is 9.26. The number of hydrogen-bond donors (Lipinski definition) is 0. The van der Waals surface area contributed by atoms with E-state index >= 15 is 0 Å². The van der Waals surface area contributed by atoms with E-state index in [1.807, 2.05) is 37.3 Å². The van der Waals surface area contributed by atoms with Crippen LogP contribution < -0.4 is 0 Å². The maximum atomic E-state index is 11.4. The first-order valence-corrected chi connectivity index (χ1v) is 6.56. The summed E-state index contributed by atoms with van der Waals surface area (Å²) < 4.78 is 15.9. The molecule has 106 valence electrons. The van der Waals surface area contributed by atoms with Gasteiger partial charge < -0.3 is 14.2 Å². The predicted octanol–water partition coefficient (Wildman–Crippen LogP) is 2.56. The minimum absolute atomic E-state index is 0.201. The van der Waals surface area contributed by atoms with Crippen LogP contribution >= 0.6 is 0 Å². The summed E-state index contributed by atoms with van der Waals surface area (Å²) in [5, 5.41) is 0. The van der Waals surface area contributed by atoms with Gasteiger partial charge in [-0.15, -0.1) is 0 Å². The van der Waals surface area contributed by atoms with Crippen molar-refractivity contribution in [3.05, 3.63) is 35.9 Å². The first-order valence-electron chi connectivity index (χ1n) is 6.56. The van der Waals surface area contributed by atoms with Gasteiger partial charge in [0.25, 0.3) is 0 Å². The van der Waals surface area contributed by atoms with Crippen LogP contribution in [-0.2, 0) is 25.6 Å². The van der Waals surface area contributed by atoms with E-state index < -0.39 is 0 Å². The Balaban J connectivity index is 2.30. The Morgan fingerprint density at radius 2 is 1.95 bits per heavy atom. The second kappa shape index (κ2) is 9.53. The van der Waals surface area contributed by atoms with Gasteiger partial charge in [-0.05, 0) is 12.0 Å². The van der Waals surface area contributed by atoms with Gasteiger partial charge in [0, 0.05) is 13.5 Å². The van der Waals surface area contributed by atoms with Crippen molar-refractivity contribution >= 4 is 5.97 Å². The Bertz CT molecular complexity index is 350. The molecule has 1 aromatic rings. The van der Waals surface area contributed by atoms with Crippen molar-refractivity contribution in [2.45, 2.75) is 32.5 Å². The lowest BCUT2D eigenvalue weighted by Crippen LogP contribution is -2.28. The SMILES string of the molecule is CCCC(=O)O[C@@H](COC)COCc1ccccc1. The fourth-order valence-electron chi connectivity index (χ4n) is 1.63. The summed E-state index contributed by atoms with van der Waals surface area (Å²) in [6, 6.07) is 9.88. The van der Waals surface area contributed by atoms with Gasteiger partial charge in [-0.2, -0.15) is 0 Å². The molecule has 0 aliphatic rings. The van der Waals surface area contributed by atoms with Gasteiger partial charge >= 0.3 is 5.97 Å². The summed E-state index contributed by atoms with van der Waals surface area (Å²) in [4.78, 5) is 11.4. The van der Waals surface area contributed by atoms with Crippen LogP contribution in [0, 0.1) is 0 Å². The standard InChI is InChI=1S/C15H22O4/c1-3-7-15(16)19-14(11-17-2)12-18-10-13-8-5-4-6-9-13/h4-6,8-9,14H,3,7,10-12H2,1-2H3/t14-/m0/s1. The lowest BCUT2D eigenvalue weighted by atomic mass is 10.2. The Morgan fingerprint density at radius 3 is 2.58 bits per heavy atom. The highest BCUT2D eigenvalue weighted by atomic mass is 16.6. The van der Waals surface area contributed by atoms with E-state index in [1.54, 1.807) is 7.11 Å². The summed E-state index contributed by atoms with van der Waals surface area (Å²) in [6.45, 7) is 3.15. The first kappa shape index (κ1) is 15.7. The molecule has 19 heavy (non-hydrogen) atoms. The molecule has 0 bridgehead atoms. The summed E-state index contributed by atoms with van der Waals surface area (Å²) >= 11 is 0. The fourth-order valence-corrected chi connectivity index (χ4v) is 1.63. The molecule has 0 unspecified atom stereocenters. The Morgan fingerprint density at radius 1 is 1.21 bits per heavy atom. The van der Waals surface area contributed by atoms with Crippen molar-refractivity contribution in [3.63, 3.8) is 0 Å². The summed E-state index contributed by atoms with van der Waals surface area (Å²) in [5.74, 6) is -0.201. The molecular weight excluding hydrogens is 244 g/mol. The van der Waals surface area contributed by atoms with Crippen LogP contribution in [0.1, 0.15) is 25.3 Å². The molecule has 0 aliphatic carbocycles. The fraction of sp³-hybridized carbons (Fsp3) is 0.533. The van der Waals surface area contributed by atoms with Crippen molar-refractivity contribution in [1.82, 2.24) is 0 Å². The average Bonchev–Trinajstić information content (AvgIpc) is 2.40. The lowest BCUT2D eigenvalue weighted by Gasteiger charge is -2.17. The second-order valence-corrected chi connectivity index (χ2v) is 4.32. The summed E-state index contributed by atoms with van der Waals surface area (Å²) in [6.07, 6.45) is 0.871. The molecule has 4 heteroatoms. The molecule has 1 atom stereocenters. The molecule has 0 amide bonds. The molecule has 4 nitrogen and oxygen atoms in total. The normalized spacial score (nSPS) is 12.1. The van der Waals surface area contributed by atoms with Crippen LogP contribution in [0.3, 0.4) is 0 Å². The molecule has 0 spiro atoms. The van der Waals surface area contributed by atoms with Crippen LogP contribution in [0.15, 0.2) is 30.3 Å². The Labute approximate surface area is 114 Å².